The Balaban J connectivity index is 1.66. The normalized spacial score (nSPS) is 10.5. The largest absolute Gasteiger partial charge is 0.478 e. The van der Waals surface area contributed by atoms with Crippen LogP contribution in [0.1, 0.15) is 27.3 Å². The highest BCUT2D eigenvalue weighted by atomic mass is 16.4. The topological polar surface area (TPSA) is 114 Å². The van der Waals surface area contributed by atoms with Crippen molar-refractivity contribution in [3.63, 3.8) is 0 Å². The first-order valence-electron chi connectivity index (χ1n) is 8.76. The van der Waals surface area contributed by atoms with Crippen LogP contribution in [-0.4, -0.2) is 36.0 Å². The average Bonchev–Trinajstić information content (AvgIpc) is 3.22. The summed E-state index contributed by atoms with van der Waals surface area (Å²) in [5.74, 6) is 5.00. The first-order valence-corrected chi connectivity index (χ1v) is 8.76. The standard InChI is InChI=1S/C21H15N5O3/c27-20-11-16-13-22-17(2-1-8-26-9-7-23-25-26)12-18(16)19(24-20)10-14-3-5-15(6-4-14)21(28)29/h3-7,9,11-13H,8,10H2,(H,24,27)(H,28,29). The molecule has 3 aromatic heterocycles. The Morgan fingerprint density at radius 2 is 2.03 bits per heavy atom. The molecule has 0 unspecified atom stereocenters. The maximum atomic E-state index is 12.0. The Labute approximate surface area is 164 Å². The third-order valence-electron chi connectivity index (χ3n) is 4.33. The van der Waals surface area contributed by atoms with E-state index in [9.17, 15) is 9.59 Å². The van der Waals surface area contributed by atoms with Crippen molar-refractivity contribution in [1.82, 2.24) is 25.0 Å². The number of aromatic carboxylic acids is 1. The molecule has 4 aromatic rings. The SMILES string of the molecule is O=C(O)c1ccc(Cc2[nH]c(=O)cc3cnc(C#CCn4ccnn4)cc23)cc1. The number of nitrogens with zero attached hydrogens (tertiary/aromatic N) is 4. The quantitative estimate of drug-likeness (QED) is 0.518. The highest BCUT2D eigenvalue weighted by molar-refractivity contribution is 5.87. The third kappa shape index (κ3) is 4.20. The zero-order chi connectivity index (χ0) is 20.2. The molecule has 0 saturated carbocycles. The Morgan fingerprint density at radius 1 is 1.21 bits per heavy atom. The lowest BCUT2D eigenvalue weighted by atomic mass is 10.0. The highest BCUT2D eigenvalue weighted by Crippen LogP contribution is 2.19. The molecule has 8 heteroatoms. The van der Waals surface area contributed by atoms with Gasteiger partial charge in [-0.3, -0.25) is 4.79 Å². The third-order valence-corrected chi connectivity index (χ3v) is 4.33. The summed E-state index contributed by atoms with van der Waals surface area (Å²) in [6.07, 6.45) is 5.38. The number of fused-ring (bicyclic) bond motifs is 1. The summed E-state index contributed by atoms with van der Waals surface area (Å²) >= 11 is 0. The van der Waals surface area contributed by atoms with Gasteiger partial charge in [0.1, 0.15) is 12.2 Å². The first kappa shape index (κ1) is 18.1. The van der Waals surface area contributed by atoms with Crippen molar-refractivity contribution in [1.29, 1.82) is 0 Å². The maximum Gasteiger partial charge on any atom is 0.335 e. The van der Waals surface area contributed by atoms with Gasteiger partial charge in [-0.15, -0.1) is 5.10 Å². The number of carbonyl (C=O) groups is 1. The smallest absolute Gasteiger partial charge is 0.335 e. The molecule has 0 amide bonds. The van der Waals surface area contributed by atoms with Crippen molar-refractivity contribution in [2.24, 2.45) is 0 Å². The zero-order valence-electron chi connectivity index (χ0n) is 15.2. The van der Waals surface area contributed by atoms with Crippen molar-refractivity contribution in [3.8, 4) is 11.8 Å². The molecule has 29 heavy (non-hydrogen) atoms. The Hall–Kier alpha value is -4.25. The van der Waals surface area contributed by atoms with Crippen LogP contribution in [0, 0.1) is 11.8 Å². The minimum atomic E-state index is -0.977. The van der Waals surface area contributed by atoms with Crippen LogP contribution in [0.4, 0.5) is 0 Å². The number of aromatic nitrogens is 5. The molecule has 0 aliphatic carbocycles. The lowest BCUT2D eigenvalue weighted by Crippen LogP contribution is -2.09. The minimum absolute atomic E-state index is 0.217. The molecule has 0 aliphatic heterocycles. The number of aromatic amines is 1. The van der Waals surface area contributed by atoms with Gasteiger partial charge in [-0.05, 0) is 29.7 Å². The van der Waals surface area contributed by atoms with Gasteiger partial charge in [0.2, 0.25) is 5.56 Å². The van der Waals surface area contributed by atoms with Gasteiger partial charge in [0.15, 0.2) is 0 Å². The van der Waals surface area contributed by atoms with E-state index in [0.29, 0.717) is 24.0 Å². The predicted octanol–water partition coefficient (Wildman–Crippen LogP) is 1.86. The molecule has 8 nitrogen and oxygen atoms in total. The molecule has 0 saturated heterocycles. The van der Waals surface area contributed by atoms with Gasteiger partial charge in [-0.1, -0.05) is 23.3 Å². The molecule has 0 fully saturated rings. The number of rotatable bonds is 4. The molecule has 1 aromatic carbocycles. The summed E-state index contributed by atoms with van der Waals surface area (Å²) in [6.45, 7) is 0.397. The van der Waals surface area contributed by atoms with E-state index in [2.05, 4.69) is 32.1 Å². The molecule has 0 atom stereocenters. The van der Waals surface area contributed by atoms with E-state index >= 15 is 0 Å². The van der Waals surface area contributed by atoms with Crippen LogP contribution in [0.15, 0.2) is 59.8 Å². The molecule has 0 bridgehead atoms. The maximum absolute atomic E-state index is 12.0. The van der Waals surface area contributed by atoms with Crippen molar-refractivity contribution < 1.29 is 9.90 Å². The molecule has 0 radical (unpaired) electrons. The summed E-state index contributed by atoms with van der Waals surface area (Å²) < 4.78 is 1.61. The van der Waals surface area contributed by atoms with E-state index in [1.54, 1.807) is 47.5 Å². The molecule has 0 aliphatic rings. The van der Waals surface area contributed by atoms with Gasteiger partial charge in [0.05, 0.1) is 11.8 Å². The summed E-state index contributed by atoms with van der Waals surface area (Å²) in [4.78, 5) is 30.2. The molecular formula is C21H15N5O3. The monoisotopic (exact) mass is 385 g/mol. The minimum Gasteiger partial charge on any atom is -0.478 e. The van der Waals surface area contributed by atoms with Crippen LogP contribution >= 0.6 is 0 Å². The van der Waals surface area contributed by atoms with Crippen LogP contribution in [0.25, 0.3) is 10.8 Å². The zero-order valence-corrected chi connectivity index (χ0v) is 15.2. The molecule has 2 N–H and O–H groups in total. The van der Waals surface area contributed by atoms with Gasteiger partial charge in [0.25, 0.3) is 0 Å². The fourth-order valence-electron chi connectivity index (χ4n) is 2.94. The summed E-state index contributed by atoms with van der Waals surface area (Å²) in [5, 5.41) is 18.2. The number of carboxylic acids is 1. The number of pyridine rings is 2. The second kappa shape index (κ2) is 7.78. The summed E-state index contributed by atoms with van der Waals surface area (Å²) in [7, 11) is 0. The second-order valence-electron chi connectivity index (χ2n) is 6.35. The number of nitrogens with one attached hydrogen (secondary N) is 1. The molecular weight excluding hydrogens is 370 g/mol. The molecule has 0 spiro atoms. The van der Waals surface area contributed by atoms with E-state index in [1.165, 1.54) is 6.07 Å². The van der Waals surface area contributed by atoms with E-state index in [-0.39, 0.29) is 11.1 Å². The van der Waals surface area contributed by atoms with Crippen molar-refractivity contribution >= 4 is 16.7 Å². The number of carboxylic acid groups (broad SMARTS) is 1. The Morgan fingerprint density at radius 3 is 2.76 bits per heavy atom. The molecule has 142 valence electrons. The number of hydrogen-bond acceptors (Lipinski definition) is 5. The van der Waals surface area contributed by atoms with E-state index in [4.69, 9.17) is 5.11 Å². The molecule has 4 rings (SSSR count). The van der Waals surface area contributed by atoms with Gasteiger partial charge >= 0.3 is 5.97 Å². The van der Waals surface area contributed by atoms with Gasteiger partial charge in [-0.25, -0.2) is 14.5 Å². The fraction of sp³-hybridized carbons (Fsp3) is 0.0952. The van der Waals surface area contributed by atoms with Crippen molar-refractivity contribution in [2.75, 3.05) is 0 Å². The average molecular weight is 385 g/mol. The van der Waals surface area contributed by atoms with E-state index < -0.39 is 5.97 Å². The fourth-order valence-corrected chi connectivity index (χ4v) is 2.94. The Bertz CT molecular complexity index is 1300. The van der Waals surface area contributed by atoms with E-state index in [1.807, 2.05) is 6.07 Å². The lowest BCUT2D eigenvalue weighted by Gasteiger charge is -2.07. The van der Waals surface area contributed by atoms with Crippen LogP contribution in [0.3, 0.4) is 0 Å². The van der Waals surface area contributed by atoms with Gasteiger partial charge in [-0.2, -0.15) is 0 Å². The van der Waals surface area contributed by atoms with Crippen molar-refractivity contribution in [2.45, 2.75) is 13.0 Å². The highest BCUT2D eigenvalue weighted by Gasteiger charge is 2.08. The lowest BCUT2D eigenvalue weighted by molar-refractivity contribution is 0.0697. The van der Waals surface area contributed by atoms with Crippen molar-refractivity contribution in [3.05, 3.63) is 87.9 Å². The van der Waals surface area contributed by atoms with Crippen LogP contribution in [0.2, 0.25) is 0 Å². The van der Waals surface area contributed by atoms with Gasteiger partial charge < -0.3 is 10.1 Å². The second-order valence-corrected chi connectivity index (χ2v) is 6.35. The summed E-state index contributed by atoms with van der Waals surface area (Å²) in [6, 6.07) is 9.89. The number of hydrogen-bond donors (Lipinski definition) is 2. The summed E-state index contributed by atoms with van der Waals surface area (Å²) in [5.41, 5.74) is 2.17. The first-order chi connectivity index (χ1) is 14.1. The molecule has 3 heterocycles. The number of benzene rings is 1. The van der Waals surface area contributed by atoms with Crippen LogP contribution < -0.4 is 5.56 Å². The van der Waals surface area contributed by atoms with E-state index in [0.717, 1.165) is 16.6 Å². The Kier molecular flexibility index (Phi) is 4.86. The predicted molar refractivity (Wildman–Crippen MR) is 105 cm³/mol. The van der Waals surface area contributed by atoms with Crippen LogP contribution in [-0.2, 0) is 13.0 Å². The van der Waals surface area contributed by atoms with Gasteiger partial charge in [0, 0.05) is 41.3 Å². The van der Waals surface area contributed by atoms with Crippen LogP contribution in [0.5, 0.6) is 0 Å². The number of H-pyrrole nitrogens is 1.